The first-order chi connectivity index (χ1) is 13.0. The normalized spacial score (nSPS) is 19.9. The van der Waals surface area contributed by atoms with E-state index in [1.54, 1.807) is 15.9 Å². The minimum absolute atomic E-state index is 0. The molecule has 1 N–H and O–H groups in total. The third kappa shape index (κ3) is 5.76. The number of carbonyl (C=O) groups is 2. The average Bonchev–Trinajstić information content (AvgIpc) is 2.68. The van der Waals surface area contributed by atoms with Gasteiger partial charge in [-0.1, -0.05) is 12.1 Å². The van der Waals surface area contributed by atoms with Crippen LogP contribution in [0.4, 0.5) is 8.78 Å². The number of nitrogens with one attached hydrogen (secondary N) is 1. The molecule has 7 nitrogen and oxygen atoms in total. The number of rotatable bonds is 5. The van der Waals surface area contributed by atoms with Crippen LogP contribution in [-0.2, 0) is 9.53 Å². The van der Waals surface area contributed by atoms with Crippen molar-refractivity contribution in [2.45, 2.75) is 19.1 Å². The minimum atomic E-state index is -2.99. The number of benzene rings is 1. The summed E-state index contributed by atoms with van der Waals surface area (Å²) in [6.07, 6.45) is 0.360. The Labute approximate surface area is 168 Å². The molecule has 3 rings (SSSR count). The highest BCUT2D eigenvalue weighted by atomic mass is 35.5. The largest absolute Gasteiger partial charge is 0.434 e. The quantitative estimate of drug-likeness (QED) is 0.780. The van der Waals surface area contributed by atoms with E-state index in [4.69, 9.17) is 4.74 Å². The van der Waals surface area contributed by atoms with Gasteiger partial charge in [0.25, 0.3) is 5.91 Å². The second-order valence-corrected chi connectivity index (χ2v) is 6.48. The lowest BCUT2D eigenvalue weighted by molar-refractivity contribution is -0.133. The Morgan fingerprint density at radius 2 is 1.86 bits per heavy atom. The lowest BCUT2D eigenvalue weighted by Gasteiger charge is -2.36. The summed E-state index contributed by atoms with van der Waals surface area (Å²) in [5.41, 5.74) is 0.0983. The number of piperazine rings is 1. The fraction of sp³-hybridized carbons (Fsp3) is 0.556. The van der Waals surface area contributed by atoms with E-state index in [0.717, 1.165) is 6.54 Å². The van der Waals surface area contributed by atoms with Gasteiger partial charge in [0.2, 0.25) is 5.91 Å². The van der Waals surface area contributed by atoms with E-state index in [-0.39, 0.29) is 41.6 Å². The Hall–Kier alpha value is -1.97. The number of carbonyl (C=O) groups excluding carboxylic acids is 2. The smallest absolute Gasteiger partial charge is 0.387 e. The molecule has 0 spiro atoms. The first-order valence-electron chi connectivity index (χ1n) is 8.96. The van der Waals surface area contributed by atoms with E-state index >= 15 is 0 Å². The molecule has 10 heteroatoms. The van der Waals surface area contributed by atoms with Crippen LogP contribution >= 0.6 is 12.4 Å². The van der Waals surface area contributed by atoms with Crippen molar-refractivity contribution < 1.29 is 27.8 Å². The number of alkyl halides is 2. The molecule has 2 fully saturated rings. The average molecular weight is 420 g/mol. The van der Waals surface area contributed by atoms with Gasteiger partial charge in [-0.2, -0.15) is 8.78 Å². The van der Waals surface area contributed by atoms with Crippen LogP contribution in [-0.4, -0.2) is 80.2 Å². The van der Waals surface area contributed by atoms with Crippen LogP contribution in [0.15, 0.2) is 24.3 Å². The van der Waals surface area contributed by atoms with Crippen molar-refractivity contribution in [3.63, 3.8) is 0 Å². The summed E-state index contributed by atoms with van der Waals surface area (Å²) < 4.78 is 34.9. The lowest BCUT2D eigenvalue weighted by Crippen LogP contribution is -2.52. The molecular weight excluding hydrogens is 396 g/mol. The summed E-state index contributed by atoms with van der Waals surface area (Å²) >= 11 is 0. The second kappa shape index (κ2) is 10.5. The van der Waals surface area contributed by atoms with Crippen LogP contribution in [0.3, 0.4) is 0 Å². The molecule has 1 unspecified atom stereocenters. The van der Waals surface area contributed by atoms with Crippen LogP contribution in [0.25, 0.3) is 0 Å². The van der Waals surface area contributed by atoms with Crippen molar-refractivity contribution in [2.75, 3.05) is 45.9 Å². The number of ether oxygens (including phenoxy) is 2. The van der Waals surface area contributed by atoms with Crippen molar-refractivity contribution in [3.05, 3.63) is 29.8 Å². The monoisotopic (exact) mass is 419 g/mol. The molecule has 1 atom stereocenters. The van der Waals surface area contributed by atoms with Crippen molar-refractivity contribution in [2.24, 2.45) is 0 Å². The van der Waals surface area contributed by atoms with Gasteiger partial charge < -0.3 is 24.6 Å². The van der Waals surface area contributed by atoms with E-state index in [2.05, 4.69) is 10.1 Å². The molecule has 1 aromatic rings. The fourth-order valence-corrected chi connectivity index (χ4v) is 3.26. The molecule has 28 heavy (non-hydrogen) atoms. The van der Waals surface area contributed by atoms with Gasteiger partial charge in [0.05, 0.1) is 18.8 Å². The Bertz CT molecular complexity index is 666. The molecule has 0 aromatic heterocycles. The highest BCUT2D eigenvalue weighted by molar-refractivity contribution is 5.97. The molecule has 0 radical (unpaired) electrons. The summed E-state index contributed by atoms with van der Waals surface area (Å²) in [7, 11) is 0. The van der Waals surface area contributed by atoms with Crippen LogP contribution in [0.2, 0.25) is 0 Å². The van der Waals surface area contributed by atoms with E-state index in [0.29, 0.717) is 45.8 Å². The molecule has 1 aromatic carbocycles. The topological polar surface area (TPSA) is 71.1 Å². The third-order valence-electron chi connectivity index (χ3n) is 4.67. The zero-order chi connectivity index (χ0) is 19.2. The maximum absolute atomic E-state index is 12.7. The number of hydrogen-bond acceptors (Lipinski definition) is 5. The maximum atomic E-state index is 12.7. The number of hydrogen-bond donors (Lipinski definition) is 1. The van der Waals surface area contributed by atoms with Crippen molar-refractivity contribution >= 4 is 24.2 Å². The second-order valence-electron chi connectivity index (χ2n) is 6.48. The molecule has 2 heterocycles. The fourth-order valence-electron chi connectivity index (χ4n) is 3.26. The van der Waals surface area contributed by atoms with E-state index < -0.39 is 6.61 Å². The summed E-state index contributed by atoms with van der Waals surface area (Å²) in [5, 5.41) is 3.25. The van der Waals surface area contributed by atoms with Gasteiger partial charge in [-0.15, -0.1) is 12.4 Å². The van der Waals surface area contributed by atoms with Gasteiger partial charge in [0.1, 0.15) is 5.75 Å². The Balaban J connectivity index is 0.00000280. The third-order valence-corrected chi connectivity index (χ3v) is 4.67. The molecular formula is C18H24ClF2N3O4. The maximum Gasteiger partial charge on any atom is 0.387 e. The molecule has 2 aliphatic rings. The van der Waals surface area contributed by atoms with Gasteiger partial charge in [-0.25, -0.2) is 0 Å². The number of amides is 2. The summed E-state index contributed by atoms with van der Waals surface area (Å²) in [6, 6.07) is 5.97. The van der Waals surface area contributed by atoms with Gasteiger partial charge in [-0.3, -0.25) is 9.59 Å². The van der Waals surface area contributed by atoms with Gasteiger partial charge in [0.15, 0.2) is 0 Å². The number of halogens is 3. The van der Waals surface area contributed by atoms with Crippen molar-refractivity contribution in [1.82, 2.24) is 15.1 Å². The summed E-state index contributed by atoms with van der Waals surface area (Å²) in [4.78, 5) is 28.4. The first-order valence-corrected chi connectivity index (χ1v) is 8.96. The van der Waals surface area contributed by atoms with Crippen LogP contribution in [0.1, 0.15) is 16.8 Å². The van der Waals surface area contributed by atoms with Crippen LogP contribution in [0, 0.1) is 0 Å². The van der Waals surface area contributed by atoms with Gasteiger partial charge in [-0.05, 0) is 12.1 Å². The van der Waals surface area contributed by atoms with E-state index in [1.807, 2.05) is 0 Å². The Morgan fingerprint density at radius 3 is 2.50 bits per heavy atom. The SMILES string of the molecule is Cl.O=C(CC1COCCN1)N1CCN(C(=O)c2ccccc2OC(F)F)CC1. The highest BCUT2D eigenvalue weighted by Gasteiger charge is 2.28. The first kappa shape index (κ1) is 22.3. The number of para-hydroxylation sites is 1. The highest BCUT2D eigenvalue weighted by Crippen LogP contribution is 2.22. The van der Waals surface area contributed by atoms with Crippen molar-refractivity contribution in [1.29, 1.82) is 0 Å². The van der Waals surface area contributed by atoms with E-state index in [1.165, 1.54) is 18.2 Å². The standard InChI is InChI=1S/C18H23F2N3O4.ClH/c19-18(20)27-15-4-2-1-3-14(15)17(25)23-8-6-22(7-9-23)16(24)11-13-12-26-10-5-21-13;/h1-4,13,18,21H,5-12H2;1H. The molecule has 156 valence electrons. The predicted molar refractivity (Wildman–Crippen MR) is 100 cm³/mol. The number of nitrogens with zero attached hydrogens (tertiary/aromatic N) is 2. The zero-order valence-electron chi connectivity index (χ0n) is 15.3. The zero-order valence-corrected chi connectivity index (χ0v) is 16.1. The molecule has 0 aliphatic carbocycles. The predicted octanol–water partition coefficient (Wildman–Crippen LogP) is 1.37. The molecule has 2 aliphatic heterocycles. The van der Waals surface area contributed by atoms with Gasteiger partial charge >= 0.3 is 6.61 Å². The molecule has 0 saturated carbocycles. The number of morpholine rings is 1. The summed E-state index contributed by atoms with van der Waals surface area (Å²) in [5.74, 6) is -0.494. The summed E-state index contributed by atoms with van der Waals surface area (Å²) in [6.45, 7) is 0.440. The minimum Gasteiger partial charge on any atom is -0.434 e. The van der Waals surface area contributed by atoms with Crippen molar-refractivity contribution in [3.8, 4) is 5.75 Å². The Kier molecular flexibility index (Phi) is 8.40. The molecule has 0 bridgehead atoms. The Morgan fingerprint density at radius 1 is 1.18 bits per heavy atom. The molecule has 2 saturated heterocycles. The van der Waals surface area contributed by atoms with Gasteiger partial charge in [0, 0.05) is 45.2 Å². The van der Waals surface area contributed by atoms with E-state index in [9.17, 15) is 18.4 Å². The van der Waals surface area contributed by atoms with Crippen LogP contribution < -0.4 is 10.1 Å². The lowest BCUT2D eigenvalue weighted by atomic mass is 10.1. The molecule has 2 amide bonds. The van der Waals surface area contributed by atoms with Crippen LogP contribution in [0.5, 0.6) is 5.75 Å².